The van der Waals surface area contributed by atoms with Gasteiger partial charge in [-0.3, -0.25) is 0 Å². The molecule has 0 saturated carbocycles. The Labute approximate surface area is 98.3 Å². The molecule has 7 nitrogen and oxygen atoms in total. The van der Waals surface area contributed by atoms with Crippen LogP contribution in [0.15, 0.2) is 12.2 Å². The van der Waals surface area contributed by atoms with Crippen LogP contribution in [0.3, 0.4) is 0 Å². The summed E-state index contributed by atoms with van der Waals surface area (Å²) in [7, 11) is 1.17. The van der Waals surface area contributed by atoms with Gasteiger partial charge in [0.15, 0.2) is 0 Å². The molecule has 0 radical (unpaired) electrons. The van der Waals surface area contributed by atoms with E-state index in [4.69, 9.17) is 0 Å². The van der Waals surface area contributed by atoms with Crippen molar-refractivity contribution >= 4 is 18.1 Å². The lowest BCUT2D eigenvalue weighted by molar-refractivity contribution is -0.162. The topological polar surface area (TPSA) is 88.1 Å². The molecule has 0 fully saturated rings. The fourth-order valence-electron chi connectivity index (χ4n) is 0.718. The van der Waals surface area contributed by atoms with E-state index in [1.54, 1.807) is 6.92 Å². The van der Waals surface area contributed by atoms with Gasteiger partial charge in [0.05, 0.1) is 13.7 Å². The Morgan fingerprint density at radius 2 is 1.71 bits per heavy atom. The minimum absolute atomic E-state index is 0.155. The summed E-state index contributed by atoms with van der Waals surface area (Å²) >= 11 is 0. The van der Waals surface area contributed by atoms with E-state index in [1.807, 2.05) is 0 Å². The molecular weight excluding hydrogens is 232 g/mol. The first kappa shape index (κ1) is 14.9. The van der Waals surface area contributed by atoms with Gasteiger partial charge in [-0.2, -0.15) is 0 Å². The number of carbonyl (C=O) groups excluding carboxylic acids is 3. The molecule has 0 spiro atoms. The summed E-state index contributed by atoms with van der Waals surface area (Å²) in [6, 6.07) is 0. The first-order valence-electron chi connectivity index (χ1n) is 4.79. The Morgan fingerprint density at radius 1 is 1.12 bits per heavy atom. The molecule has 0 aromatic rings. The molecule has 0 aromatic carbocycles. The van der Waals surface area contributed by atoms with Crippen molar-refractivity contribution in [2.75, 3.05) is 13.7 Å². The van der Waals surface area contributed by atoms with Crippen molar-refractivity contribution in [3.63, 3.8) is 0 Å². The fourth-order valence-corrected chi connectivity index (χ4v) is 0.718. The smallest absolute Gasteiger partial charge is 0.466 e. The molecule has 0 saturated heterocycles. The van der Waals surface area contributed by atoms with Gasteiger partial charge in [-0.15, -0.1) is 0 Å². The molecule has 17 heavy (non-hydrogen) atoms. The highest BCUT2D eigenvalue weighted by Crippen LogP contribution is 1.98. The Hall–Kier alpha value is -2.05. The van der Waals surface area contributed by atoms with Crippen LogP contribution in [0.25, 0.3) is 0 Å². The van der Waals surface area contributed by atoms with Crippen molar-refractivity contribution in [3.8, 4) is 0 Å². The van der Waals surface area contributed by atoms with E-state index in [9.17, 15) is 14.4 Å². The second-order valence-electron chi connectivity index (χ2n) is 2.66. The number of ether oxygens (including phenoxy) is 4. The molecule has 0 aliphatic heterocycles. The third-order valence-electron chi connectivity index (χ3n) is 1.36. The molecule has 0 unspecified atom stereocenters. The van der Waals surface area contributed by atoms with Crippen LogP contribution in [0, 0.1) is 0 Å². The van der Waals surface area contributed by atoms with Gasteiger partial charge in [-0.05, 0) is 6.92 Å². The third-order valence-corrected chi connectivity index (χ3v) is 1.36. The van der Waals surface area contributed by atoms with E-state index in [0.29, 0.717) is 0 Å². The molecule has 7 heteroatoms. The average Bonchev–Trinajstić information content (AvgIpc) is 2.25. The lowest BCUT2D eigenvalue weighted by Crippen LogP contribution is -2.21. The van der Waals surface area contributed by atoms with Crippen LogP contribution in [-0.2, 0) is 28.5 Å². The molecule has 0 aliphatic rings. The number of hydrogen-bond acceptors (Lipinski definition) is 7. The zero-order valence-corrected chi connectivity index (χ0v) is 9.80. The molecule has 0 rings (SSSR count). The molecule has 0 bridgehead atoms. The Morgan fingerprint density at radius 3 is 2.24 bits per heavy atom. The third kappa shape index (κ3) is 7.83. The van der Waals surface area contributed by atoms with Gasteiger partial charge < -0.3 is 18.9 Å². The predicted octanol–water partition coefficient (Wildman–Crippen LogP) is 0.778. The summed E-state index contributed by atoms with van der Waals surface area (Å²) in [5, 5.41) is 0. The van der Waals surface area contributed by atoms with Gasteiger partial charge in [0.1, 0.15) is 0 Å². The van der Waals surface area contributed by atoms with Gasteiger partial charge in [0.25, 0.3) is 0 Å². The molecule has 0 aromatic heterocycles. The summed E-state index contributed by atoms with van der Waals surface area (Å²) < 4.78 is 17.9. The molecule has 1 atom stereocenters. The maximum absolute atomic E-state index is 11.1. The highest BCUT2D eigenvalue weighted by atomic mass is 16.8. The number of carbonyl (C=O) groups is 3. The van der Waals surface area contributed by atoms with Crippen molar-refractivity contribution in [2.45, 2.75) is 20.1 Å². The lowest BCUT2D eigenvalue weighted by atomic mass is 10.5. The number of rotatable bonds is 5. The van der Waals surface area contributed by atoms with Crippen molar-refractivity contribution < 1.29 is 33.3 Å². The van der Waals surface area contributed by atoms with Crippen LogP contribution in [0.5, 0.6) is 0 Å². The van der Waals surface area contributed by atoms with E-state index in [1.165, 1.54) is 14.0 Å². The maximum Gasteiger partial charge on any atom is 0.511 e. The van der Waals surface area contributed by atoms with E-state index < -0.39 is 24.4 Å². The van der Waals surface area contributed by atoms with E-state index in [2.05, 4.69) is 18.9 Å². The molecule has 0 aliphatic carbocycles. The maximum atomic E-state index is 11.1. The van der Waals surface area contributed by atoms with Crippen LogP contribution < -0.4 is 0 Å². The fraction of sp³-hybridized carbons (Fsp3) is 0.500. The first-order chi connectivity index (χ1) is 7.99. The number of methoxy groups -OCH3 is 1. The Bertz CT molecular complexity index is 308. The van der Waals surface area contributed by atoms with Crippen molar-refractivity contribution in [1.29, 1.82) is 0 Å². The Balaban J connectivity index is 3.99. The second kappa shape index (κ2) is 8.14. The predicted molar refractivity (Wildman–Crippen MR) is 54.8 cm³/mol. The Kier molecular flexibility index (Phi) is 7.16. The number of hydrogen-bond donors (Lipinski definition) is 0. The van der Waals surface area contributed by atoms with Gasteiger partial charge in [-0.25, -0.2) is 14.4 Å². The van der Waals surface area contributed by atoms with Crippen molar-refractivity contribution in [1.82, 2.24) is 0 Å². The standard InChI is InChI=1S/C10H14O7/c1-4-15-10(13)17-7(2)16-9(12)6-5-8(11)14-3/h5-7H,4H2,1-3H3/b6-5+/t7-/m1/s1. The zero-order valence-electron chi connectivity index (χ0n) is 9.80. The molecule has 96 valence electrons. The van der Waals surface area contributed by atoms with Crippen LogP contribution >= 0.6 is 0 Å². The van der Waals surface area contributed by atoms with Crippen LogP contribution in [0.4, 0.5) is 4.79 Å². The van der Waals surface area contributed by atoms with Gasteiger partial charge in [0.2, 0.25) is 6.29 Å². The molecule has 0 N–H and O–H groups in total. The lowest BCUT2D eigenvalue weighted by Gasteiger charge is -2.11. The molecule has 0 amide bonds. The normalized spacial score (nSPS) is 11.7. The van der Waals surface area contributed by atoms with Gasteiger partial charge >= 0.3 is 18.1 Å². The number of esters is 2. The SMILES string of the molecule is CCOC(=O)O[C@H](C)OC(=O)/C=C/C(=O)OC. The van der Waals surface area contributed by atoms with Gasteiger partial charge in [0, 0.05) is 19.1 Å². The highest BCUT2D eigenvalue weighted by Gasteiger charge is 2.13. The van der Waals surface area contributed by atoms with Crippen molar-refractivity contribution in [3.05, 3.63) is 12.2 Å². The summed E-state index contributed by atoms with van der Waals surface area (Å²) in [6.07, 6.45) is -0.301. The van der Waals surface area contributed by atoms with E-state index in [-0.39, 0.29) is 6.61 Å². The average molecular weight is 246 g/mol. The minimum Gasteiger partial charge on any atom is -0.466 e. The van der Waals surface area contributed by atoms with Crippen molar-refractivity contribution in [2.24, 2.45) is 0 Å². The first-order valence-corrected chi connectivity index (χ1v) is 4.79. The quantitative estimate of drug-likeness (QED) is 0.306. The molecule has 0 heterocycles. The summed E-state index contributed by atoms with van der Waals surface area (Å²) in [5.74, 6) is -1.53. The summed E-state index contributed by atoms with van der Waals surface area (Å²) in [5.41, 5.74) is 0. The van der Waals surface area contributed by atoms with Crippen LogP contribution in [0.1, 0.15) is 13.8 Å². The minimum atomic E-state index is -1.11. The summed E-state index contributed by atoms with van der Waals surface area (Å²) in [4.78, 5) is 32.5. The van der Waals surface area contributed by atoms with Crippen LogP contribution in [0.2, 0.25) is 0 Å². The second-order valence-corrected chi connectivity index (χ2v) is 2.66. The van der Waals surface area contributed by atoms with E-state index >= 15 is 0 Å². The summed E-state index contributed by atoms with van der Waals surface area (Å²) in [6.45, 7) is 3.10. The van der Waals surface area contributed by atoms with Crippen LogP contribution in [-0.4, -0.2) is 38.1 Å². The molecular formula is C10H14O7. The zero-order chi connectivity index (χ0) is 13.3. The van der Waals surface area contributed by atoms with E-state index in [0.717, 1.165) is 12.2 Å². The van der Waals surface area contributed by atoms with Gasteiger partial charge in [-0.1, -0.05) is 0 Å². The largest absolute Gasteiger partial charge is 0.511 e. The highest BCUT2D eigenvalue weighted by molar-refractivity contribution is 5.91. The monoisotopic (exact) mass is 246 g/mol.